The Morgan fingerprint density at radius 3 is 2.62 bits per heavy atom. The van der Waals surface area contributed by atoms with Gasteiger partial charge in [0.1, 0.15) is 6.54 Å². The molecule has 4 aromatic rings. The number of hydrogen-bond acceptors (Lipinski definition) is 5. The molecular formula is C17H12ClN5O. The maximum atomic E-state index is 6.15. The van der Waals surface area contributed by atoms with Crippen molar-refractivity contribution in [3.8, 4) is 22.7 Å². The zero-order chi connectivity index (χ0) is 16.4. The standard InChI is InChI=1S/C17H12ClN5O/c18-14-9-5-4-8-13(14)17-20-22-23(21-17)11-16-19-10-15(24-16)12-6-2-1-3-7-12/h1-10H,11H2. The van der Waals surface area contributed by atoms with Gasteiger partial charge in [-0.25, -0.2) is 4.98 Å². The molecule has 24 heavy (non-hydrogen) atoms. The number of oxazole rings is 1. The highest BCUT2D eigenvalue weighted by molar-refractivity contribution is 6.33. The Labute approximate surface area is 142 Å². The predicted molar refractivity (Wildman–Crippen MR) is 89.3 cm³/mol. The normalized spacial score (nSPS) is 10.9. The molecule has 7 heteroatoms. The third kappa shape index (κ3) is 2.91. The summed E-state index contributed by atoms with van der Waals surface area (Å²) in [5, 5.41) is 13.0. The summed E-state index contributed by atoms with van der Waals surface area (Å²) in [5.41, 5.74) is 1.71. The average molecular weight is 338 g/mol. The zero-order valence-electron chi connectivity index (χ0n) is 12.5. The van der Waals surface area contributed by atoms with Gasteiger partial charge in [0.05, 0.1) is 11.2 Å². The van der Waals surface area contributed by atoms with Crippen LogP contribution in [0, 0.1) is 0 Å². The molecule has 0 unspecified atom stereocenters. The van der Waals surface area contributed by atoms with Gasteiger partial charge in [0, 0.05) is 11.1 Å². The van der Waals surface area contributed by atoms with Crippen LogP contribution in [0.15, 0.2) is 65.2 Å². The minimum atomic E-state index is 0.296. The molecule has 0 bridgehead atoms. The summed E-state index contributed by atoms with van der Waals surface area (Å²) in [7, 11) is 0. The molecule has 0 N–H and O–H groups in total. The van der Waals surface area contributed by atoms with Crippen LogP contribution >= 0.6 is 11.6 Å². The number of tetrazole rings is 1. The minimum Gasteiger partial charge on any atom is -0.439 e. The molecule has 0 atom stereocenters. The molecule has 0 spiro atoms. The van der Waals surface area contributed by atoms with Crippen molar-refractivity contribution in [1.29, 1.82) is 0 Å². The Kier molecular flexibility index (Phi) is 3.80. The fraction of sp³-hybridized carbons (Fsp3) is 0.0588. The SMILES string of the molecule is Clc1ccccc1-c1nnn(Cc2ncc(-c3ccccc3)o2)n1. The van der Waals surface area contributed by atoms with Crippen molar-refractivity contribution in [3.63, 3.8) is 0 Å². The van der Waals surface area contributed by atoms with Crippen LogP contribution in [0.3, 0.4) is 0 Å². The van der Waals surface area contributed by atoms with Gasteiger partial charge in [0.25, 0.3) is 0 Å². The second kappa shape index (κ2) is 6.25. The molecule has 0 aliphatic rings. The van der Waals surface area contributed by atoms with E-state index in [1.54, 1.807) is 12.3 Å². The van der Waals surface area contributed by atoms with E-state index in [9.17, 15) is 0 Å². The zero-order valence-corrected chi connectivity index (χ0v) is 13.3. The molecule has 0 amide bonds. The van der Waals surface area contributed by atoms with Crippen LogP contribution in [0.25, 0.3) is 22.7 Å². The lowest BCUT2D eigenvalue weighted by Crippen LogP contribution is -2.04. The predicted octanol–water partition coefficient (Wildman–Crippen LogP) is 3.70. The highest BCUT2D eigenvalue weighted by atomic mass is 35.5. The first-order chi connectivity index (χ1) is 11.8. The lowest BCUT2D eigenvalue weighted by Gasteiger charge is -1.97. The first-order valence-electron chi connectivity index (χ1n) is 7.32. The summed E-state index contributed by atoms with van der Waals surface area (Å²) in [6, 6.07) is 17.2. The van der Waals surface area contributed by atoms with E-state index in [4.69, 9.17) is 16.0 Å². The maximum Gasteiger partial charge on any atom is 0.218 e. The third-order valence-corrected chi connectivity index (χ3v) is 3.79. The minimum absolute atomic E-state index is 0.296. The molecule has 0 radical (unpaired) electrons. The van der Waals surface area contributed by atoms with Crippen LogP contribution in [0.1, 0.15) is 5.89 Å². The van der Waals surface area contributed by atoms with E-state index >= 15 is 0 Å². The van der Waals surface area contributed by atoms with Gasteiger partial charge in [-0.1, -0.05) is 54.1 Å². The van der Waals surface area contributed by atoms with E-state index < -0.39 is 0 Å². The Morgan fingerprint density at radius 2 is 1.79 bits per heavy atom. The van der Waals surface area contributed by atoms with Crippen molar-refractivity contribution in [2.75, 3.05) is 0 Å². The number of benzene rings is 2. The van der Waals surface area contributed by atoms with Gasteiger partial charge in [-0.05, 0) is 17.3 Å². The molecule has 2 heterocycles. The molecule has 2 aromatic heterocycles. The smallest absolute Gasteiger partial charge is 0.218 e. The van der Waals surface area contributed by atoms with E-state index in [1.165, 1.54) is 4.80 Å². The first kappa shape index (κ1) is 14.6. The van der Waals surface area contributed by atoms with Crippen molar-refractivity contribution in [2.45, 2.75) is 6.54 Å². The van der Waals surface area contributed by atoms with Gasteiger partial charge in [-0.3, -0.25) is 0 Å². The maximum absolute atomic E-state index is 6.15. The van der Waals surface area contributed by atoms with E-state index in [0.29, 0.717) is 29.0 Å². The average Bonchev–Trinajstić information content (AvgIpc) is 3.26. The molecule has 4 rings (SSSR count). The van der Waals surface area contributed by atoms with E-state index in [2.05, 4.69) is 20.4 Å². The van der Waals surface area contributed by atoms with E-state index in [0.717, 1.165) is 11.1 Å². The summed E-state index contributed by atoms with van der Waals surface area (Å²) in [5.74, 6) is 1.68. The van der Waals surface area contributed by atoms with Gasteiger partial charge in [-0.2, -0.15) is 4.80 Å². The van der Waals surface area contributed by atoms with Gasteiger partial charge >= 0.3 is 0 Å². The van der Waals surface area contributed by atoms with E-state index in [1.807, 2.05) is 48.5 Å². The van der Waals surface area contributed by atoms with Gasteiger partial charge < -0.3 is 4.42 Å². The van der Waals surface area contributed by atoms with Crippen molar-refractivity contribution >= 4 is 11.6 Å². The van der Waals surface area contributed by atoms with Crippen molar-refractivity contribution in [2.24, 2.45) is 0 Å². The van der Waals surface area contributed by atoms with Crippen molar-refractivity contribution < 1.29 is 4.42 Å². The third-order valence-electron chi connectivity index (χ3n) is 3.46. The van der Waals surface area contributed by atoms with Gasteiger partial charge in [0.2, 0.25) is 11.7 Å². The first-order valence-corrected chi connectivity index (χ1v) is 7.70. The fourth-order valence-electron chi connectivity index (χ4n) is 2.30. The van der Waals surface area contributed by atoms with E-state index in [-0.39, 0.29) is 0 Å². The van der Waals surface area contributed by atoms with Crippen molar-refractivity contribution in [3.05, 3.63) is 71.7 Å². The largest absolute Gasteiger partial charge is 0.439 e. The topological polar surface area (TPSA) is 69.6 Å². The Hall–Kier alpha value is -2.99. The molecule has 2 aromatic carbocycles. The second-order valence-electron chi connectivity index (χ2n) is 5.11. The Bertz CT molecular complexity index is 964. The lowest BCUT2D eigenvalue weighted by atomic mass is 10.2. The van der Waals surface area contributed by atoms with Crippen LogP contribution in [-0.4, -0.2) is 25.2 Å². The number of halogens is 1. The van der Waals surface area contributed by atoms with Crippen LogP contribution in [0.5, 0.6) is 0 Å². The quantitative estimate of drug-likeness (QED) is 0.568. The second-order valence-corrected chi connectivity index (χ2v) is 5.51. The van der Waals surface area contributed by atoms with Crippen molar-refractivity contribution in [1.82, 2.24) is 25.2 Å². The van der Waals surface area contributed by atoms with Gasteiger partial charge in [0.15, 0.2) is 5.76 Å². The molecule has 0 aliphatic carbocycles. The summed E-state index contributed by atoms with van der Waals surface area (Å²) >= 11 is 6.15. The van der Waals surface area contributed by atoms with Crippen LogP contribution in [-0.2, 0) is 6.54 Å². The molecule has 0 aliphatic heterocycles. The molecule has 0 saturated carbocycles. The molecule has 0 fully saturated rings. The summed E-state index contributed by atoms with van der Waals surface area (Å²) < 4.78 is 5.75. The highest BCUT2D eigenvalue weighted by Gasteiger charge is 2.12. The fourth-order valence-corrected chi connectivity index (χ4v) is 2.52. The number of aromatic nitrogens is 5. The van der Waals surface area contributed by atoms with Crippen LogP contribution < -0.4 is 0 Å². The summed E-state index contributed by atoms with van der Waals surface area (Å²) in [6.45, 7) is 0.296. The van der Waals surface area contributed by atoms with Crippen LogP contribution in [0.2, 0.25) is 5.02 Å². The lowest BCUT2D eigenvalue weighted by molar-refractivity contribution is 0.447. The molecule has 118 valence electrons. The summed E-state index contributed by atoms with van der Waals surface area (Å²) in [6.07, 6.45) is 1.69. The molecular weight excluding hydrogens is 326 g/mol. The Balaban J connectivity index is 1.55. The molecule has 0 saturated heterocycles. The highest BCUT2D eigenvalue weighted by Crippen LogP contribution is 2.24. The summed E-state index contributed by atoms with van der Waals surface area (Å²) in [4.78, 5) is 5.70. The number of nitrogens with zero attached hydrogens (tertiary/aromatic N) is 5. The monoisotopic (exact) mass is 337 g/mol. The number of hydrogen-bond donors (Lipinski definition) is 0. The van der Waals surface area contributed by atoms with Crippen LogP contribution in [0.4, 0.5) is 0 Å². The van der Waals surface area contributed by atoms with Gasteiger partial charge in [-0.15, -0.1) is 10.2 Å². The molecule has 6 nitrogen and oxygen atoms in total. The number of rotatable bonds is 4. The Morgan fingerprint density at radius 1 is 1.00 bits per heavy atom.